The standard InChI is InChI=1S/C10H15NO/c1-7(11)9-5-3-4-6-10(9)8(2)12/h3-8,12H,11H2,1-2H3. The van der Waals surface area contributed by atoms with Gasteiger partial charge in [0.15, 0.2) is 0 Å². The Labute approximate surface area is 73.0 Å². The lowest BCUT2D eigenvalue weighted by molar-refractivity contribution is 0.197. The fourth-order valence-electron chi connectivity index (χ4n) is 1.31. The molecule has 66 valence electrons. The van der Waals surface area contributed by atoms with Crippen molar-refractivity contribution in [2.24, 2.45) is 5.73 Å². The van der Waals surface area contributed by atoms with Gasteiger partial charge in [-0.15, -0.1) is 0 Å². The largest absolute Gasteiger partial charge is 0.389 e. The van der Waals surface area contributed by atoms with Crippen LogP contribution in [0.2, 0.25) is 0 Å². The number of benzene rings is 1. The van der Waals surface area contributed by atoms with Gasteiger partial charge in [0.05, 0.1) is 6.10 Å². The average Bonchev–Trinajstić information content (AvgIpc) is 2.04. The molecule has 0 fully saturated rings. The van der Waals surface area contributed by atoms with Crippen LogP contribution in [-0.2, 0) is 0 Å². The topological polar surface area (TPSA) is 46.2 Å². The summed E-state index contributed by atoms with van der Waals surface area (Å²) in [5, 5.41) is 9.40. The van der Waals surface area contributed by atoms with Crippen molar-refractivity contribution >= 4 is 0 Å². The molecule has 1 aromatic carbocycles. The van der Waals surface area contributed by atoms with Crippen LogP contribution in [0.15, 0.2) is 24.3 Å². The molecule has 1 rings (SSSR count). The molecule has 0 aliphatic carbocycles. The Hall–Kier alpha value is -0.860. The molecule has 0 heterocycles. The summed E-state index contributed by atoms with van der Waals surface area (Å²) >= 11 is 0. The Kier molecular flexibility index (Phi) is 2.84. The molecule has 2 unspecified atom stereocenters. The minimum Gasteiger partial charge on any atom is -0.389 e. The molecule has 0 aliphatic rings. The van der Waals surface area contributed by atoms with E-state index in [9.17, 15) is 5.11 Å². The number of nitrogens with two attached hydrogens (primary N) is 1. The number of aliphatic hydroxyl groups excluding tert-OH is 1. The van der Waals surface area contributed by atoms with Gasteiger partial charge in [-0.2, -0.15) is 0 Å². The first-order valence-corrected chi connectivity index (χ1v) is 4.15. The minimum absolute atomic E-state index is 0.0178. The normalized spacial score (nSPS) is 15.7. The highest BCUT2D eigenvalue weighted by Crippen LogP contribution is 2.21. The number of hydrogen-bond donors (Lipinski definition) is 2. The average molecular weight is 165 g/mol. The van der Waals surface area contributed by atoms with Crippen molar-refractivity contribution < 1.29 is 5.11 Å². The number of aliphatic hydroxyl groups is 1. The molecular formula is C10H15NO. The van der Waals surface area contributed by atoms with Crippen LogP contribution in [0.3, 0.4) is 0 Å². The van der Waals surface area contributed by atoms with E-state index in [0.717, 1.165) is 11.1 Å². The molecular weight excluding hydrogens is 150 g/mol. The van der Waals surface area contributed by atoms with Gasteiger partial charge in [0.25, 0.3) is 0 Å². The predicted molar refractivity (Wildman–Crippen MR) is 49.7 cm³/mol. The molecule has 2 heteroatoms. The van der Waals surface area contributed by atoms with Crippen LogP contribution >= 0.6 is 0 Å². The quantitative estimate of drug-likeness (QED) is 0.701. The second kappa shape index (κ2) is 3.70. The van der Waals surface area contributed by atoms with Crippen LogP contribution in [0.1, 0.15) is 37.1 Å². The van der Waals surface area contributed by atoms with Gasteiger partial charge >= 0.3 is 0 Å². The van der Waals surface area contributed by atoms with Crippen molar-refractivity contribution in [3.8, 4) is 0 Å². The Morgan fingerprint density at radius 3 is 2.00 bits per heavy atom. The van der Waals surface area contributed by atoms with Gasteiger partial charge in [0.2, 0.25) is 0 Å². The van der Waals surface area contributed by atoms with Gasteiger partial charge in [0, 0.05) is 6.04 Å². The highest BCUT2D eigenvalue weighted by Gasteiger charge is 2.09. The van der Waals surface area contributed by atoms with E-state index < -0.39 is 6.10 Å². The lowest BCUT2D eigenvalue weighted by atomic mass is 9.99. The zero-order valence-electron chi connectivity index (χ0n) is 7.49. The van der Waals surface area contributed by atoms with Gasteiger partial charge in [-0.25, -0.2) is 0 Å². The SMILES string of the molecule is CC(N)c1ccccc1C(C)O. The van der Waals surface area contributed by atoms with E-state index in [1.807, 2.05) is 31.2 Å². The first-order valence-electron chi connectivity index (χ1n) is 4.15. The maximum Gasteiger partial charge on any atom is 0.0765 e. The third kappa shape index (κ3) is 1.84. The molecule has 12 heavy (non-hydrogen) atoms. The molecule has 0 saturated carbocycles. The van der Waals surface area contributed by atoms with E-state index in [1.54, 1.807) is 6.92 Å². The molecule has 0 saturated heterocycles. The van der Waals surface area contributed by atoms with E-state index in [2.05, 4.69) is 0 Å². The van der Waals surface area contributed by atoms with Gasteiger partial charge < -0.3 is 10.8 Å². The van der Waals surface area contributed by atoms with Crippen LogP contribution in [0.4, 0.5) is 0 Å². The second-order valence-corrected chi connectivity index (χ2v) is 3.09. The maximum atomic E-state index is 9.40. The molecule has 0 aliphatic heterocycles. The van der Waals surface area contributed by atoms with Gasteiger partial charge in [-0.1, -0.05) is 24.3 Å². The van der Waals surface area contributed by atoms with Crippen LogP contribution in [0.25, 0.3) is 0 Å². The van der Waals surface area contributed by atoms with Crippen LogP contribution < -0.4 is 5.73 Å². The summed E-state index contributed by atoms with van der Waals surface area (Å²) in [7, 11) is 0. The van der Waals surface area contributed by atoms with Crippen molar-refractivity contribution in [3.63, 3.8) is 0 Å². The molecule has 3 N–H and O–H groups in total. The highest BCUT2D eigenvalue weighted by atomic mass is 16.3. The van der Waals surface area contributed by atoms with Crippen LogP contribution in [0.5, 0.6) is 0 Å². The lowest BCUT2D eigenvalue weighted by Crippen LogP contribution is -2.09. The zero-order valence-corrected chi connectivity index (χ0v) is 7.49. The molecule has 1 aromatic rings. The van der Waals surface area contributed by atoms with E-state index in [1.165, 1.54) is 0 Å². The van der Waals surface area contributed by atoms with Crippen molar-refractivity contribution in [1.82, 2.24) is 0 Å². The monoisotopic (exact) mass is 165 g/mol. The van der Waals surface area contributed by atoms with Crippen molar-refractivity contribution in [3.05, 3.63) is 35.4 Å². The van der Waals surface area contributed by atoms with E-state index >= 15 is 0 Å². The Balaban J connectivity index is 3.09. The van der Waals surface area contributed by atoms with Gasteiger partial charge in [-0.05, 0) is 25.0 Å². The van der Waals surface area contributed by atoms with Crippen molar-refractivity contribution in [2.45, 2.75) is 26.0 Å². The summed E-state index contributed by atoms with van der Waals surface area (Å²) < 4.78 is 0. The van der Waals surface area contributed by atoms with Crippen LogP contribution in [0, 0.1) is 0 Å². The van der Waals surface area contributed by atoms with E-state index in [0.29, 0.717) is 0 Å². The fourth-order valence-corrected chi connectivity index (χ4v) is 1.31. The van der Waals surface area contributed by atoms with Gasteiger partial charge in [0.1, 0.15) is 0 Å². The summed E-state index contributed by atoms with van der Waals surface area (Å²) in [6, 6.07) is 7.69. The van der Waals surface area contributed by atoms with Gasteiger partial charge in [-0.3, -0.25) is 0 Å². The molecule has 2 atom stereocenters. The number of rotatable bonds is 2. The maximum absolute atomic E-state index is 9.40. The second-order valence-electron chi connectivity index (χ2n) is 3.09. The Bertz CT molecular complexity index is 229. The first-order chi connectivity index (χ1) is 5.63. The summed E-state index contributed by atoms with van der Waals surface area (Å²) in [6.45, 7) is 3.67. The fraction of sp³-hybridized carbons (Fsp3) is 0.400. The third-order valence-electron chi connectivity index (χ3n) is 1.94. The number of hydrogen-bond acceptors (Lipinski definition) is 2. The summed E-state index contributed by atoms with van der Waals surface area (Å²) in [4.78, 5) is 0. The molecule has 0 bridgehead atoms. The Morgan fingerprint density at radius 2 is 1.67 bits per heavy atom. The summed E-state index contributed by atoms with van der Waals surface area (Å²) in [5.41, 5.74) is 7.69. The summed E-state index contributed by atoms with van der Waals surface area (Å²) in [6.07, 6.45) is -0.438. The van der Waals surface area contributed by atoms with Crippen LogP contribution in [-0.4, -0.2) is 5.11 Å². The first kappa shape index (κ1) is 9.23. The summed E-state index contributed by atoms with van der Waals surface area (Å²) in [5.74, 6) is 0. The molecule has 0 amide bonds. The minimum atomic E-state index is -0.438. The molecule has 0 spiro atoms. The molecule has 2 nitrogen and oxygen atoms in total. The molecule has 0 aromatic heterocycles. The zero-order chi connectivity index (χ0) is 9.14. The lowest BCUT2D eigenvalue weighted by Gasteiger charge is -2.14. The van der Waals surface area contributed by atoms with Crippen molar-refractivity contribution in [1.29, 1.82) is 0 Å². The van der Waals surface area contributed by atoms with E-state index in [4.69, 9.17) is 5.73 Å². The van der Waals surface area contributed by atoms with Crippen molar-refractivity contribution in [2.75, 3.05) is 0 Å². The third-order valence-corrected chi connectivity index (χ3v) is 1.94. The Morgan fingerprint density at radius 1 is 1.17 bits per heavy atom. The highest BCUT2D eigenvalue weighted by molar-refractivity contribution is 5.30. The molecule has 0 radical (unpaired) electrons. The van der Waals surface area contributed by atoms with E-state index in [-0.39, 0.29) is 6.04 Å². The smallest absolute Gasteiger partial charge is 0.0765 e. The predicted octanol–water partition coefficient (Wildman–Crippen LogP) is 1.76.